The zero-order chi connectivity index (χ0) is 42.6. The van der Waals surface area contributed by atoms with Crippen LogP contribution in [0.2, 0.25) is 0 Å². The molecular formula is C42H26F6O8. The lowest BCUT2D eigenvalue weighted by atomic mass is 9.69. The van der Waals surface area contributed by atoms with Crippen molar-refractivity contribution in [1.82, 2.24) is 0 Å². The Bertz CT molecular complexity index is 2280. The molecule has 4 N–H and O–H groups in total. The topological polar surface area (TPSA) is 149 Å². The van der Waals surface area contributed by atoms with Crippen molar-refractivity contribution in [3.63, 3.8) is 0 Å². The highest BCUT2D eigenvalue weighted by Crippen LogP contribution is 2.58. The molecule has 4 aromatic rings. The Labute approximate surface area is 315 Å². The first-order valence-electron chi connectivity index (χ1n) is 15.5. The van der Waals surface area contributed by atoms with Crippen LogP contribution in [0, 0.1) is 49.4 Å². The van der Waals surface area contributed by atoms with Crippen LogP contribution < -0.4 is 0 Å². The molecule has 8 nitrogen and oxygen atoms in total. The summed E-state index contributed by atoms with van der Waals surface area (Å²) in [6, 6.07) is 12.6. The number of carbonyl (C=O) groups is 4. The van der Waals surface area contributed by atoms with Crippen molar-refractivity contribution < 1.29 is 65.9 Å². The zero-order valence-corrected chi connectivity index (χ0v) is 28.9. The monoisotopic (exact) mass is 772 g/mol. The second kappa shape index (κ2) is 15.9. The molecule has 0 saturated carbocycles. The SMILES string of the molecule is C#Cc1cc(C(C)(C)c2ccc(C(=O)O)c(C#C)c2)ccc1C(=O)O.C#Cc1ccc(C(c2ccc(C#C)cc2C(=O)O)(C(F)(F)F)C(F)(F)F)c(C(=O)O)c1. The van der Waals surface area contributed by atoms with Crippen molar-refractivity contribution in [3.8, 4) is 49.4 Å². The van der Waals surface area contributed by atoms with Gasteiger partial charge in [-0.3, -0.25) is 0 Å². The fourth-order valence-corrected chi connectivity index (χ4v) is 5.84. The summed E-state index contributed by atoms with van der Waals surface area (Å²) in [5.41, 5.74) is -10.1. The minimum Gasteiger partial charge on any atom is -0.478 e. The number of aromatic carboxylic acids is 4. The summed E-state index contributed by atoms with van der Waals surface area (Å²) in [6.45, 7) is 3.86. The van der Waals surface area contributed by atoms with Crippen molar-refractivity contribution in [2.75, 3.05) is 0 Å². The molecule has 0 aromatic heterocycles. The molecule has 4 aromatic carbocycles. The third-order valence-corrected chi connectivity index (χ3v) is 8.75. The lowest BCUT2D eigenvalue weighted by molar-refractivity contribution is -0.288. The second-order valence-electron chi connectivity index (χ2n) is 12.2. The van der Waals surface area contributed by atoms with E-state index in [0.29, 0.717) is 24.3 Å². The number of hydrogen-bond donors (Lipinski definition) is 4. The van der Waals surface area contributed by atoms with Crippen LogP contribution in [0.3, 0.4) is 0 Å². The minimum atomic E-state index is -6.21. The molecule has 0 aliphatic carbocycles. The van der Waals surface area contributed by atoms with Gasteiger partial charge in [-0.15, -0.1) is 25.7 Å². The van der Waals surface area contributed by atoms with Gasteiger partial charge in [0.2, 0.25) is 5.41 Å². The van der Waals surface area contributed by atoms with E-state index in [0.717, 1.165) is 11.1 Å². The number of hydrogen-bond acceptors (Lipinski definition) is 4. The Hall–Kier alpha value is -7.42. The van der Waals surface area contributed by atoms with E-state index in [1.807, 2.05) is 25.7 Å². The van der Waals surface area contributed by atoms with Crippen LogP contribution in [0.4, 0.5) is 26.3 Å². The molecule has 4 rings (SSSR count). The van der Waals surface area contributed by atoms with E-state index in [2.05, 4.69) is 11.8 Å². The quantitative estimate of drug-likeness (QED) is 0.105. The number of carboxylic acids is 4. The molecule has 0 saturated heterocycles. The Kier molecular flexibility index (Phi) is 12.2. The summed E-state index contributed by atoms with van der Waals surface area (Å²) >= 11 is 0. The van der Waals surface area contributed by atoms with Gasteiger partial charge in [0, 0.05) is 27.7 Å². The summed E-state index contributed by atoms with van der Waals surface area (Å²) in [5.74, 6) is 2.22. The Balaban J connectivity index is 0.000000307. The summed E-state index contributed by atoms with van der Waals surface area (Å²) in [4.78, 5) is 45.6. The Morgan fingerprint density at radius 1 is 0.482 bits per heavy atom. The third kappa shape index (κ3) is 7.91. The molecule has 0 aliphatic heterocycles. The number of rotatable bonds is 8. The molecule has 14 heteroatoms. The van der Waals surface area contributed by atoms with Crippen LogP contribution in [0.15, 0.2) is 72.8 Å². The zero-order valence-electron chi connectivity index (χ0n) is 28.9. The molecule has 0 aliphatic rings. The van der Waals surface area contributed by atoms with Crippen LogP contribution in [0.5, 0.6) is 0 Å². The predicted molar refractivity (Wildman–Crippen MR) is 190 cm³/mol. The number of terminal acetylenes is 4. The van der Waals surface area contributed by atoms with Crippen LogP contribution in [-0.2, 0) is 10.8 Å². The van der Waals surface area contributed by atoms with E-state index in [9.17, 15) is 65.9 Å². The van der Waals surface area contributed by atoms with Gasteiger partial charge in [0.15, 0.2) is 0 Å². The molecule has 56 heavy (non-hydrogen) atoms. The first-order valence-corrected chi connectivity index (χ1v) is 15.5. The molecule has 0 unspecified atom stereocenters. The van der Waals surface area contributed by atoms with Crippen LogP contribution >= 0.6 is 0 Å². The van der Waals surface area contributed by atoms with E-state index in [-0.39, 0.29) is 45.5 Å². The van der Waals surface area contributed by atoms with Gasteiger partial charge in [0.25, 0.3) is 0 Å². The van der Waals surface area contributed by atoms with Gasteiger partial charge >= 0.3 is 36.2 Å². The van der Waals surface area contributed by atoms with Crippen LogP contribution in [0.25, 0.3) is 0 Å². The first-order chi connectivity index (χ1) is 25.9. The smallest absolute Gasteiger partial charge is 0.411 e. The van der Waals surface area contributed by atoms with Gasteiger partial charge in [-0.05, 0) is 70.8 Å². The molecule has 0 radical (unpaired) electrons. The van der Waals surface area contributed by atoms with E-state index >= 15 is 0 Å². The van der Waals surface area contributed by atoms with E-state index in [1.165, 1.54) is 12.1 Å². The lowest BCUT2D eigenvalue weighted by Gasteiger charge is -2.39. The summed E-state index contributed by atoms with van der Waals surface area (Å²) in [6.07, 6.45) is 8.58. The summed E-state index contributed by atoms with van der Waals surface area (Å²) in [5, 5.41) is 37.1. The van der Waals surface area contributed by atoms with Crippen molar-refractivity contribution in [2.24, 2.45) is 0 Å². The summed E-state index contributed by atoms with van der Waals surface area (Å²) in [7, 11) is 0. The van der Waals surface area contributed by atoms with Gasteiger partial charge < -0.3 is 20.4 Å². The van der Waals surface area contributed by atoms with Crippen LogP contribution in [-0.4, -0.2) is 56.7 Å². The maximum absolute atomic E-state index is 14.3. The van der Waals surface area contributed by atoms with Crippen molar-refractivity contribution in [3.05, 3.63) is 140 Å². The van der Waals surface area contributed by atoms with E-state index < -0.39 is 69.3 Å². The maximum atomic E-state index is 14.3. The van der Waals surface area contributed by atoms with Crippen molar-refractivity contribution >= 4 is 23.9 Å². The molecule has 0 fully saturated rings. The molecule has 0 amide bonds. The van der Waals surface area contributed by atoms with Gasteiger partial charge in [0.1, 0.15) is 0 Å². The molecule has 0 spiro atoms. The molecule has 284 valence electrons. The van der Waals surface area contributed by atoms with E-state index in [4.69, 9.17) is 25.7 Å². The number of alkyl halides is 6. The van der Waals surface area contributed by atoms with E-state index in [1.54, 1.807) is 24.3 Å². The predicted octanol–water partition coefficient (Wildman–Crippen LogP) is 7.83. The third-order valence-electron chi connectivity index (χ3n) is 8.75. The van der Waals surface area contributed by atoms with Gasteiger partial charge in [-0.2, -0.15) is 26.3 Å². The fraction of sp³-hybridized carbons (Fsp3) is 0.143. The average molecular weight is 773 g/mol. The average Bonchev–Trinajstić information content (AvgIpc) is 3.13. The van der Waals surface area contributed by atoms with Crippen LogP contribution in [0.1, 0.15) is 99.8 Å². The first kappa shape index (κ1) is 43.0. The largest absolute Gasteiger partial charge is 0.478 e. The Morgan fingerprint density at radius 3 is 1.05 bits per heavy atom. The molecular weight excluding hydrogens is 746 g/mol. The highest BCUT2D eigenvalue weighted by atomic mass is 19.4. The number of carboxylic acid groups (broad SMARTS) is 4. The van der Waals surface area contributed by atoms with Crippen molar-refractivity contribution in [2.45, 2.75) is 37.0 Å². The number of benzene rings is 4. The van der Waals surface area contributed by atoms with Crippen molar-refractivity contribution in [1.29, 1.82) is 0 Å². The lowest BCUT2D eigenvalue weighted by Crippen LogP contribution is -2.56. The summed E-state index contributed by atoms with van der Waals surface area (Å²) < 4.78 is 85.8. The van der Waals surface area contributed by atoms with Gasteiger partial charge in [-0.1, -0.05) is 61.8 Å². The maximum Gasteiger partial charge on any atom is 0.411 e. The van der Waals surface area contributed by atoms with Gasteiger partial charge in [-0.25, -0.2) is 19.2 Å². The molecule has 0 bridgehead atoms. The van der Waals surface area contributed by atoms with Gasteiger partial charge in [0.05, 0.1) is 22.3 Å². The second-order valence-corrected chi connectivity index (χ2v) is 12.2. The normalized spacial score (nSPS) is 11.4. The minimum absolute atomic E-state index is 0.0626. The number of halogens is 6. The fourth-order valence-electron chi connectivity index (χ4n) is 5.84. The highest BCUT2D eigenvalue weighted by molar-refractivity contribution is 5.94. The molecule has 0 heterocycles. The Morgan fingerprint density at radius 2 is 0.804 bits per heavy atom. The molecule has 0 atom stereocenters. The highest BCUT2D eigenvalue weighted by Gasteiger charge is 2.74. The standard InChI is InChI=1S/C21H10F6O4.C21H16O4/c1-3-11-5-7-15(13(9-11)17(28)29)19(20(22,23)24,21(25,26)27)16-8-6-12(4-2)10-14(16)18(30)31;1-5-13-11-15(7-9-17(13)19(22)23)21(3,4)16-8-10-18(20(24)25)14(6-2)12-16/h1-2,5-10H,(H,28,29)(H,30,31);1-2,7-12H,3-4H3,(H,22,23)(H,24,25).